The van der Waals surface area contributed by atoms with Crippen molar-refractivity contribution in [2.24, 2.45) is 0 Å². The van der Waals surface area contributed by atoms with Crippen molar-refractivity contribution >= 4 is 27.7 Å². The molecule has 0 aliphatic carbocycles. The molecule has 3 aliphatic rings. The fourth-order valence-corrected chi connectivity index (χ4v) is 6.18. The number of rotatable bonds is 4. The summed E-state index contributed by atoms with van der Waals surface area (Å²) in [5, 5.41) is 0.176. The van der Waals surface area contributed by atoms with Crippen molar-refractivity contribution in [1.29, 1.82) is 0 Å². The third-order valence-corrected chi connectivity index (χ3v) is 8.60. The predicted octanol–water partition coefficient (Wildman–Crippen LogP) is 2.85. The van der Waals surface area contributed by atoms with Gasteiger partial charge in [0, 0.05) is 44.0 Å². The Morgan fingerprint density at radius 2 is 1.66 bits per heavy atom. The van der Waals surface area contributed by atoms with Gasteiger partial charge in [-0.2, -0.15) is 0 Å². The number of hydrogen-bond acceptors (Lipinski definition) is 5. The van der Waals surface area contributed by atoms with Gasteiger partial charge in [-0.25, -0.2) is 17.5 Å². The first-order valence-corrected chi connectivity index (χ1v) is 12.1. The van der Waals surface area contributed by atoms with E-state index in [0.29, 0.717) is 50.1 Å². The number of amides is 1. The summed E-state index contributed by atoms with van der Waals surface area (Å²) in [5.74, 6) is 0.353. The van der Waals surface area contributed by atoms with Crippen LogP contribution < -0.4 is 0 Å². The molecule has 0 spiro atoms. The number of likely N-dealkylation sites (tertiary alicyclic amines) is 1. The van der Waals surface area contributed by atoms with E-state index in [4.69, 9.17) is 21.1 Å². The zero-order valence-electron chi connectivity index (χ0n) is 16.3. The second-order valence-electron chi connectivity index (χ2n) is 7.99. The number of sulfonamides is 1. The Hall–Kier alpha value is -1.35. The first kappa shape index (κ1) is 20.9. The maximum Gasteiger partial charge on any atom is 0.410 e. The van der Waals surface area contributed by atoms with E-state index in [9.17, 15) is 13.2 Å². The Morgan fingerprint density at radius 3 is 2.28 bits per heavy atom. The molecule has 1 amide bonds. The molecule has 9 heteroatoms. The van der Waals surface area contributed by atoms with Gasteiger partial charge >= 0.3 is 6.09 Å². The molecule has 0 radical (unpaired) electrons. The highest BCUT2D eigenvalue weighted by Gasteiger charge is 2.44. The van der Waals surface area contributed by atoms with Gasteiger partial charge in [0.1, 0.15) is 11.4 Å². The van der Waals surface area contributed by atoms with Crippen LogP contribution in [0.4, 0.5) is 4.79 Å². The van der Waals surface area contributed by atoms with Gasteiger partial charge in [-0.1, -0.05) is 23.7 Å². The third kappa shape index (κ3) is 4.71. The summed E-state index contributed by atoms with van der Waals surface area (Å²) in [6, 6.07) is 7.79. The zero-order chi connectivity index (χ0) is 20.4. The van der Waals surface area contributed by atoms with Gasteiger partial charge in [0.05, 0.1) is 13.2 Å². The van der Waals surface area contributed by atoms with Crippen molar-refractivity contribution < 1.29 is 22.7 Å². The molecule has 0 N–H and O–H groups in total. The molecular formula is C20H27ClN2O5S. The fraction of sp³-hybridized carbons (Fsp3) is 0.650. The number of ether oxygens (including phenoxy) is 2. The highest BCUT2D eigenvalue weighted by Crippen LogP contribution is 2.32. The molecule has 0 saturated carbocycles. The molecule has 29 heavy (non-hydrogen) atoms. The monoisotopic (exact) mass is 442 g/mol. The zero-order valence-corrected chi connectivity index (χ0v) is 17.9. The van der Waals surface area contributed by atoms with Gasteiger partial charge in [0.2, 0.25) is 10.0 Å². The fourth-order valence-electron chi connectivity index (χ4n) is 4.18. The number of halogens is 1. The lowest BCUT2D eigenvalue weighted by Gasteiger charge is -2.42. The summed E-state index contributed by atoms with van der Waals surface area (Å²) in [5.41, 5.74) is 1.21. The number of nitrogens with zero attached hydrogens (tertiary/aromatic N) is 2. The van der Waals surface area contributed by atoms with Crippen molar-refractivity contribution in [3.63, 3.8) is 0 Å². The maximum atomic E-state index is 12.9. The van der Waals surface area contributed by atoms with E-state index < -0.39 is 21.4 Å². The molecule has 3 aliphatic heterocycles. The van der Waals surface area contributed by atoms with E-state index in [1.165, 1.54) is 10.5 Å². The van der Waals surface area contributed by atoms with E-state index >= 15 is 0 Å². The molecule has 160 valence electrons. The van der Waals surface area contributed by atoms with Gasteiger partial charge in [0.15, 0.2) is 0 Å². The Bertz CT molecular complexity index is 812. The largest absolute Gasteiger partial charge is 0.446 e. The van der Waals surface area contributed by atoms with Crippen LogP contribution in [0.25, 0.3) is 0 Å². The first-order valence-electron chi connectivity index (χ1n) is 10.2. The van der Waals surface area contributed by atoms with Crippen molar-refractivity contribution in [3.8, 4) is 0 Å². The van der Waals surface area contributed by atoms with Crippen LogP contribution in [0.15, 0.2) is 24.3 Å². The van der Waals surface area contributed by atoms with Crippen molar-refractivity contribution in [1.82, 2.24) is 9.21 Å². The minimum absolute atomic E-state index is 0.126. The average Bonchev–Trinajstić information content (AvgIpc) is 2.68. The number of carbonyl (C=O) groups is 1. The standard InChI is InChI=1S/C20H27ClN2O5S/c21-17-3-1-15(2-4-17)16-5-9-23(10-6-16)29(25,26)19-13-22(14-19)20(24)28-18-7-11-27-12-8-18/h1-4,16,18-19H,5-14H2. The van der Waals surface area contributed by atoms with Crippen molar-refractivity contribution in [3.05, 3.63) is 34.9 Å². The molecular weight excluding hydrogens is 416 g/mol. The summed E-state index contributed by atoms with van der Waals surface area (Å²) in [6.45, 7) is 2.64. The van der Waals surface area contributed by atoms with E-state index in [-0.39, 0.29) is 19.2 Å². The molecule has 0 aromatic heterocycles. The molecule has 0 unspecified atom stereocenters. The predicted molar refractivity (Wildman–Crippen MR) is 110 cm³/mol. The Morgan fingerprint density at radius 1 is 1.03 bits per heavy atom. The normalized spacial score (nSPS) is 23.0. The number of hydrogen-bond donors (Lipinski definition) is 0. The van der Waals surface area contributed by atoms with Crippen LogP contribution in [0.3, 0.4) is 0 Å². The molecule has 3 heterocycles. The Balaban J connectivity index is 1.25. The lowest BCUT2D eigenvalue weighted by molar-refractivity contribution is -0.0155. The number of benzene rings is 1. The average molecular weight is 443 g/mol. The second-order valence-corrected chi connectivity index (χ2v) is 10.6. The van der Waals surface area contributed by atoms with Crippen molar-refractivity contribution in [2.75, 3.05) is 39.4 Å². The molecule has 3 saturated heterocycles. The molecule has 7 nitrogen and oxygen atoms in total. The SMILES string of the molecule is O=C(OC1CCOCC1)N1CC(S(=O)(=O)N2CCC(c3ccc(Cl)cc3)CC2)C1. The number of piperidine rings is 1. The van der Waals surface area contributed by atoms with Crippen LogP contribution in [0, 0.1) is 0 Å². The summed E-state index contributed by atoms with van der Waals surface area (Å²) in [4.78, 5) is 13.7. The molecule has 1 aromatic rings. The topological polar surface area (TPSA) is 76.1 Å². The molecule has 3 fully saturated rings. The van der Waals surface area contributed by atoms with Crippen LogP contribution in [-0.4, -0.2) is 74.5 Å². The molecule has 1 aromatic carbocycles. The van der Waals surface area contributed by atoms with Gasteiger partial charge < -0.3 is 14.4 Å². The van der Waals surface area contributed by atoms with Crippen LogP contribution in [0.5, 0.6) is 0 Å². The van der Waals surface area contributed by atoms with Crippen LogP contribution >= 0.6 is 11.6 Å². The molecule has 4 rings (SSSR count). The number of carbonyl (C=O) groups excluding carboxylic acids is 1. The smallest absolute Gasteiger partial charge is 0.410 e. The quantitative estimate of drug-likeness (QED) is 0.716. The van der Waals surface area contributed by atoms with Gasteiger partial charge in [-0.3, -0.25) is 0 Å². The summed E-state index contributed by atoms with van der Waals surface area (Å²) in [6.07, 6.45) is 2.45. The maximum absolute atomic E-state index is 12.9. The van der Waals surface area contributed by atoms with E-state index in [1.54, 1.807) is 4.31 Å². The first-order chi connectivity index (χ1) is 13.9. The van der Waals surface area contributed by atoms with E-state index in [1.807, 2.05) is 24.3 Å². The Labute approximate surface area is 176 Å². The highest BCUT2D eigenvalue weighted by molar-refractivity contribution is 7.89. The van der Waals surface area contributed by atoms with Crippen molar-refractivity contribution in [2.45, 2.75) is 43.0 Å². The summed E-state index contributed by atoms with van der Waals surface area (Å²) < 4.78 is 38.2. The minimum atomic E-state index is -3.39. The second kappa shape index (κ2) is 8.79. The van der Waals surface area contributed by atoms with Gasteiger partial charge in [-0.15, -0.1) is 0 Å². The van der Waals surface area contributed by atoms with Crippen LogP contribution in [0.1, 0.15) is 37.2 Å². The third-order valence-electron chi connectivity index (χ3n) is 6.12. The van der Waals surface area contributed by atoms with Gasteiger partial charge in [0.25, 0.3) is 0 Å². The highest BCUT2D eigenvalue weighted by atomic mass is 35.5. The van der Waals surface area contributed by atoms with Crippen LogP contribution in [0.2, 0.25) is 5.02 Å². The molecule has 0 bridgehead atoms. The minimum Gasteiger partial charge on any atom is -0.446 e. The van der Waals surface area contributed by atoms with Crippen LogP contribution in [-0.2, 0) is 19.5 Å². The lowest BCUT2D eigenvalue weighted by atomic mass is 9.90. The Kier molecular flexibility index (Phi) is 6.34. The van der Waals surface area contributed by atoms with E-state index in [0.717, 1.165) is 12.8 Å². The van der Waals surface area contributed by atoms with E-state index in [2.05, 4.69) is 0 Å². The molecule has 0 atom stereocenters. The van der Waals surface area contributed by atoms with Gasteiger partial charge in [-0.05, 0) is 36.5 Å². The summed E-state index contributed by atoms with van der Waals surface area (Å²) >= 11 is 5.95. The lowest BCUT2D eigenvalue weighted by Crippen LogP contribution is -2.60. The summed E-state index contributed by atoms with van der Waals surface area (Å²) in [7, 11) is -3.39.